The SMILES string of the molecule is Cc1cccc(N2C(=O)[C@H]3[C@@H](ON(c4ccccc4)[C@H]3c3ccco3)C2=O)c1. The fourth-order valence-corrected chi connectivity index (χ4v) is 3.98. The Morgan fingerprint density at radius 1 is 0.857 bits per heavy atom. The van der Waals surface area contributed by atoms with Crippen molar-refractivity contribution in [3.63, 3.8) is 0 Å². The Hall–Kier alpha value is -3.38. The molecule has 0 radical (unpaired) electrons. The molecule has 6 heteroatoms. The van der Waals surface area contributed by atoms with E-state index in [1.807, 2.05) is 55.5 Å². The van der Waals surface area contributed by atoms with Crippen LogP contribution >= 0.6 is 0 Å². The molecule has 0 N–H and O–H groups in total. The first-order chi connectivity index (χ1) is 13.6. The fraction of sp³-hybridized carbons (Fsp3) is 0.182. The molecule has 2 aliphatic rings. The van der Waals surface area contributed by atoms with E-state index in [4.69, 9.17) is 9.25 Å². The van der Waals surface area contributed by atoms with Gasteiger partial charge in [0.2, 0.25) is 5.91 Å². The number of aryl methyl sites for hydroxylation is 1. The van der Waals surface area contributed by atoms with Gasteiger partial charge in [0, 0.05) is 0 Å². The summed E-state index contributed by atoms with van der Waals surface area (Å²) in [5.41, 5.74) is 2.31. The van der Waals surface area contributed by atoms with E-state index in [0.29, 0.717) is 11.4 Å². The first-order valence-corrected chi connectivity index (χ1v) is 9.14. The monoisotopic (exact) mass is 374 g/mol. The topological polar surface area (TPSA) is 63.0 Å². The Morgan fingerprint density at radius 2 is 1.64 bits per heavy atom. The molecule has 3 atom stereocenters. The van der Waals surface area contributed by atoms with Crippen LogP contribution in [0, 0.1) is 12.8 Å². The van der Waals surface area contributed by atoms with Crippen LogP contribution in [0.2, 0.25) is 0 Å². The molecule has 0 bridgehead atoms. The van der Waals surface area contributed by atoms with Crippen molar-refractivity contribution in [1.29, 1.82) is 0 Å². The van der Waals surface area contributed by atoms with Crippen molar-refractivity contribution in [2.24, 2.45) is 5.92 Å². The van der Waals surface area contributed by atoms with E-state index in [1.165, 1.54) is 4.90 Å². The maximum atomic E-state index is 13.3. The minimum absolute atomic E-state index is 0.277. The molecule has 0 saturated carbocycles. The standard InChI is InChI=1S/C22H18N2O4/c1-14-7-5-10-16(13-14)23-21(25)18-19(17-11-6-12-27-17)24(28-20(18)22(23)26)15-8-3-2-4-9-15/h2-13,18-20H,1H3/t18-,19+,20-/m1/s1. The van der Waals surface area contributed by atoms with Gasteiger partial charge in [0.25, 0.3) is 5.91 Å². The normalized spacial score (nSPS) is 24.1. The van der Waals surface area contributed by atoms with Gasteiger partial charge in [-0.1, -0.05) is 30.3 Å². The van der Waals surface area contributed by atoms with Gasteiger partial charge in [-0.25, -0.2) is 9.96 Å². The molecule has 140 valence electrons. The Balaban J connectivity index is 1.57. The lowest BCUT2D eigenvalue weighted by Crippen LogP contribution is -2.37. The van der Waals surface area contributed by atoms with Gasteiger partial charge in [-0.05, 0) is 48.9 Å². The van der Waals surface area contributed by atoms with Crippen LogP contribution in [-0.2, 0) is 14.4 Å². The summed E-state index contributed by atoms with van der Waals surface area (Å²) in [4.78, 5) is 33.7. The van der Waals surface area contributed by atoms with Crippen molar-refractivity contribution in [2.75, 3.05) is 9.96 Å². The molecule has 3 aromatic rings. The van der Waals surface area contributed by atoms with E-state index in [1.54, 1.807) is 29.5 Å². The largest absolute Gasteiger partial charge is 0.467 e. The number of amides is 2. The smallest absolute Gasteiger partial charge is 0.266 e. The van der Waals surface area contributed by atoms with Crippen molar-refractivity contribution >= 4 is 23.2 Å². The van der Waals surface area contributed by atoms with Crippen molar-refractivity contribution < 1.29 is 18.8 Å². The number of hydrogen-bond acceptors (Lipinski definition) is 5. The molecule has 2 saturated heterocycles. The van der Waals surface area contributed by atoms with E-state index >= 15 is 0 Å². The van der Waals surface area contributed by atoms with Gasteiger partial charge >= 0.3 is 0 Å². The van der Waals surface area contributed by atoms with Crippen molar-refractivity contribution in [1.82, 2.24) is 0 Å². The predicted octanol–water partition coefficient (Wildman–Crippen LogP) is 3.64. The number of carbonyl (C=O) groups excluding carboxylic acids is 2. The number of rotatable bonds is 3. The van der Waals surface area contributed by atoms with Gasteiger partial charge in [-0.15, -0.1) is 0 Å². The highest BCUT2D eigenvalue weighted by atomic mass is 16.7. The van der Waals surface area contributed by atoms with E-state index in [0.717, 1.165) is 11.3 Å². The molecule has 3 heterocycles. The summed E-state index contributed by atoms with van der Waals surface area (Å²) < 4.78 is 5.62. The van der Waals surface area contributed by atoms with E-state index < -0.39 is 18.1 Å². The Morgan fingerprint density at radius 3 is 2.36 bits per heavy atom. The van der Waals surface area contributed by atoms with E-state index in [-0.39, 0.29) is 11.8 Å². The van der Waals surface area contributed by atoms with E-state index in [9.17, 15) is 9.59 Å². The van der Waals surface area contributed by atoms with Crippen LogP contribution in [0.5, 0.6) is 0 Å². The summed E-state index contributed by atoms with van der Waals surface area (Å²) in [7, 11) is 0. The average Bonchev–Trinajstić information content (AvgIpc) is 3.40. The molecule has 2 fully saturated rings. The van der Waals surface area contributed by atoms with Crippen molar-refractivity contribution in [2.45, 2.75) is 19.1 Å². The number of fused-ring (bicyclic) bond motifs is 1. The third-order valence-corrected chi connectivity index (χ3v) is 5.22. The zero-order valence-electron chi connectivity index (χ0n) is 15.2. The number of hydroxylamine groups is 1. The molecular formula is C22H18N2O4. The second kappa shape index (κ2) is 6.35. The molecule has 2 amide bonds. The summed E-state index contributed by atoms with van der Waals surface area (Å²) >= 11 is 0. The Labute approximate surface area is 161 Å². The predicted molar refractivity (Wildman–Crippen MR) is 102 cm³/mol. The highest BCUT2D eigenvalue weighted by Gasteiger charge is 2.61. The van der Waals surface area contributed by atoms with Crippen LogP contribution < -0.4 is 9.96 Å². The summed E-state index contributed by atoms with van der Waals surface area (Å²) in [6, 6.07) is 19.8. The van der Waals surface area contributed by atoms with Crippen LogP contribution in [0.1, 0.15) is 17.4 Å². The van der Waals surface area contributed by atoms with Gasteiger partial charge in [0.05, 0.1) is 17.6 Å². The van der Waals surface area contributed by atoms with Crippen LogP contribution in [0.15, 0.2) is 77.4 Å². The number of benzene rings is 2. The quantitative estimate of drug-likeness (QED) is 0.655. The third kappa shape index (κ3) is 2.46. The number of furan rings is 1. The molecule has 6 nitrogen and oxygen atoms in total. The third-order valence-electron chi connectivity index (χ3n) is 5.22. The zero-order chi connectivity index (χ0) is 19.3. The Bertz CT molecular complexity index is 1030. The zero-order valence-corrected chi connectivity index (χ0v) is 15.2. The first kappa shape index (κ1) is 16.8. The van der Waals surface area contributed by atoms with Crippen molar-refractivity contribution in [3.8, 4) is 0 Å². The fourth-order valence-electron chi connectivity index (χ4n) is 3.98. The van der Waals surface area contributed by atoms with Gasteiger partial charge < -0.3 is 4.42 Å². The van der Waals surface area contributed by atoms with E-state index in [2.05, 4.69) is 0 Å². The number of anilines is 2. The second-order valence-electron chi connectivity index (χ2n) is 7.02. The summed E-state index contributed by atoms with van der Waals surface area (Å²) in [5, 5.41) is 1.62. The number of nitrogens with zero attached hydrogens (tertiary/aromatic N) is 2. The van der Waals surface area contributed by atoms with Gasteiger partial charge in [-0.3, -0.25) is 14.4 Å². The highest BCUT2D eigenvalue weighted by molar-refractivity contribution is 6.23. The molecular weight excluding hydrogens is 356 g/mol. The summed E-state index contributed by atoms with van der Waals surface area (Å²) in [5.74, 6) is -0.723. The van der Waals surface area contributed by atoms with Crippen LogP contribution in [0.25, 0.3) is 0 Å². The Kier molecular flexibility index (Phi) is 3.80. The molecule has 2 aromatic carbocycles. The number of imide groups is 1. The maximum absolute atomic E-state index is 13.3. The summed E-state index contributed by atoms with van der Waals surface area (Å²) in [6.45, 7) is 1.93. The van der Waals surface area contributed by atoms with Crippen molar-refractivity contribution in [3.05, 3.63) is 84.3 Å². The minimum Gasteiger partial charge on any atom is -0.467 e. The van der Waals surface area contributed by atoms with Gasteiger partial charge in [0.15, 0.2) is 6.10 Å². The highest BCUT2D eigenvalue weighted by Crippen LogP contribution is 2.47. The first-order valence-electron chi connectivity index (χ1n) is 9.14. The molecule has 1 aromatic heterocycles. The van der Waals surface area contributed by atoms with Gasteiger partial charge in [0.1, 0.15) is 17.7 Å². The lowest BCUT2D eigenvalue weighted by atomic mass is 9.94. The van der Waals surface area contributed by atoms with Gasteiger partial charge in [-0.2, -0.15) is 0 Å². The molecule has 0 aliphatic carbocycles. The van der Waals surface area contributed by atoms with Crippen LogP contribution in [0.3, 0.4) is 0 Å². The summed E-state index contributed by atoms with van der Waals surface area (Å²) in [6.07, 6.45) is 0.675. The molecule has 2 aliphatic heterocycles. The molecule has 0 spiro atoms. The number of carbonyl (C=O) groups is 2. The lowest BCUT2D eigenvalue weighted by Gasteiger charge is -2.27. The number of para-hydroxylation sites is 1. The molecule has 28 heavy (non-hydrogen) atoms. The minimum atomic E-state index is -0.886. The molecule has 0 unspecified atom stereocenters. The lowest BCUT2D eigenvalue weighted by molar-refractivity contribution is -0.126. The number of hydrogen-bond donors (Lipinski definition) is 0. The average molecular weight is 374 g/mol. The van der Waals surface area contributed by atoms with Crippen LogP contribution in [0.4, 0.5) is 11.4 Å². The second-order valence-corrected chi connectivity index (χ2v) is 7.02. The van der Waals surface area contributed by atoms with Crippen LogP contribution in [-0.4, -0.2) is 17.9 Å². The maximum Gasteiger partial charge on any atom is 0.266 e. The molecule has 5 rings (SSSR count).